The lowest BCUT2D eigenvalue weighted by atomic mass is 10.1. The van der Waals surface area contributed by atoms with E-state index >= 15 is 0 Å². The van der Waals surface area contributed by atoms with Crippen LogP contribution in [0.5, 0.6) is 0 Å². The predicted molar refractivity (Wildman–Crippen MR) is 133 cm³/mol. The van der Waals surface area contributed by atoms with E-state index in [1.165, 1.54) is 51.6 Å². The van der Waals surface area contributed by atoms with Gasteiger partial charge in [-0.25, -0.2) is 0 Å². The van der Waals surface area contributed by atoms with E-state index in [9.17, 15) is 9.36 Å². The summed E-state index contributed by atoms with van der Waals surface area (Å²) < 4.78 is 15.8. The second-order valence-electron chi connectivity index (χ2n) is 8.38. The van der Waals surface area contributed by atoms with Crippen LogP contribution in [0.3, 0.4) is 0 Å². The molecule has 0 bridgehead atoms. The summed E-state index contributed by atoms with van der Waals surface area (Å²) in [5.74, 6) is 0.154. The highest BCUT2D eigenvalue weighted by molar-refractivity contribution is 7.51. The molecule has 0 heterocycles. The lowest BCUT2D eigenvalue weighted by molar-refractivity contribution is -0.121. The second kappa shape index (κ2) is 22.3. The SMILES string of the molecule is CCCCC/C=C\C/C=C\CCCCCCCC(=O)NCCCCCCOP(C)(=O)O. The molecular formula is C25H48NO4P. The monoisotopic (exact) mass is 457 g/mol. The number of allylic oxidation sites excluding steroid dienone is 4. The number of rotatable bonds is 22. The average Bonchev–Trinajstić information content (AvgIpc) is 2.72. The Hall–Kier alpha value is -0.900. The Labute approximate surface area is 191 Å². The smallest absolute Gasteiger partial charge is 0.325 e. The van der Waals surface area contributed by atoms with Crippen molar-refractivity contribution in [2.75, 3.05) is 19.8 Å². The molecule has 0 rings (SSSR count). The first kappa shape index (κ1) is 30.1. The second-order valence-corrected chi connectivity index (χ2v) is 10.2. The third-order valence-electron chi connectivity index (χ3n) is 5.08. The Morgan fingerprint density at radius 3 is 2.10 bits per heavy atom. The summed E-state index contributed by atoms with van der Waals surface area (Å²) in [6, 6.07) is 0. The van der Waals surface area contributed by atoms with E-state index in [2.05, 4.69) is 36.5 Å². The van der Waals surface area contributed by atoms with Crippen molar-refractivity contribution in [3.05, 3.63) is 24.3 Å². The number of hydrogen-bond acceptors (Lipinski definition) is 3. The molecule has 0 saturated heterocycles. The van der Waals surface area contributed by atoms with Gasteiger partial charge in [0.25, 0.3) is 0 Å². The zero-order chi connectivity index (χ0) is 23.0. The topological polar surface area (TPSA) is 75.6 Å². The van der Waals surface area contributed by atoms with Gasteiger partial charge in [-0.3, -0.25) is 9.36 Å². The summed E-state index contributed by atoms with van der Waals surface area (Å²) in [5, 5.41) is 2.98. The molecule has 2 N–H and O–H groups in total. The van der Waals surface area contributed by atoms with Gasteiger partial charge in [0, 0.05) is 19.6 Å². The zero-order valence-corrected chi connectivity index (χ0v) is 21.1. The van der Waals surface area contributed by atoms with Crippen molar-refractivity contribution in [3.63, 3.8) is 0 Å². The fraction of sp³-hybridized carbons (Fsp3) is 0.800. The Kier molecular flexibility index (Phi) is 21.7. The van der Waals surface area contributed by atoms with Crippen LogP contribution < -0.4 is 5.32 Å². The number of amides is 1. The van der Waals surface area contributed by atoms with Crippen LogP contribution in [0, 0.1) is 0 Å². The first-order valence-electron chi connectivity index (χ1n) is 12.5. The van der Waals surface area contributed by atoms with Crippen LogP contribution in [0.15, 0.2) is 24.3 Å². The van der Waals surface area contributed by atoms with Gasteiger partial charge < -0.3 is 14.7 Å². The number of unbranched alkanes of at least 4 members (excludes halogenated alkanes) is 11. The molecular weight excluding hydrogens is 409 g/mol. The Morgan fingerprint density at radius 2 is 1.42 bits per heavy atom. The summed E-state index contributed by atoms with van der Waals surface area (Å²) >= 11 is 0. The van der Waals surface area contributed by atoms with Gasteiger partial charge in [-0.1, -0.05) is 76.2 Å². The number of carbonyl (C=O) groups excluding carboxylic acids is 1. The van der Waals surface area contributed by atoms with Gasteiger partial charge in [0.1, 0.15) is 0 Å². The molecule has 0 aromatic rings. The van der Waals surface area contributed by atoms with Crippen LogP contribution in [0.4, 0.5) is 0 Å². The highest BCUT2D eigenvalue weighted by atomic mass is 31.2. The summed E-state index contributed by atoms with van der Waals surface area (Å²) in [5.41, 5.74) is 0. The van der Waals surface area contributed by atoms with Crippen LogP contribution in [-0.2, 0) is 13.9 Å². The maximum absolute atomic E-state index is 11.8. The van der Waals surface area contributed by atoms with Crippen molar-refractivity contribution < 1.29 is 18.8 Å². The van der Waals surface area contributed by atoms with Crippen molar-refractivity contribution in [1.82, 2.24) is 5.32 Å². The molecule has 5 nitrogen and oxygen atoms in total. The quantitative estimate of drug-likeness (QED) is 0.102. The van der Waals surface area contributed by atoms with Gasteiger partial charge in [-0.2, -0.15) is 0 Å². The largest absolute Gasteiger partial charge is 0.356 e. The summed E-state index contributed by atoms with van der Waals surface area (Å²) in [7, 11) is -3.33. The standard InChI is InChI=1S/C25H48NO4P/c1-3-4-5-6-7-8-9-10-11-12-13-14-15-16-19-22-25(27)26-23-20-17-18-21-24-30-31(2,28)29/h7-8,10-11H,3-6,9,12-24H2,1-2H3,(H,26,27)(H,28,29)/b8-7-,11-10-. The van der Waals surface area contributed by atoms with E-state index in [-0.39, 0.29) is 5.91 Å². The Morgan fingerprint density at radius 1 is 0.839 bits per heavy atom. The molecule has 1 unspecified atom stereocenters. The summed E-state index contributed by atoms with van der Waals surface area (Å²) in [4.78, 5) is 20.8. The molecule has 0 aliphatic carbocycles. The Bertz CT molecular complexity index is 514. The summed E-state index contributed by atoms with van der Waals surface area (Å²) in [6.07, 6.45) is 26.6. The molecule has 182 valence electrons. The molecule has 0 saturated carbocycles. The van der Waals surface area contributed by atoms with Crippen molar-refractivity contribution in [1.29, 1.82) is 0 Å². The molecule has 0 fully saturated rings. The fourth-order valence-electron chi connectivity index (χ4n) is 3.23. The minimum Gasteiger partial charge on any atom is -0.356 e. The first-order chi connectivity index (χ1) is 15.0. The highest BCUT2D eigenvalue weighted by Gasteiger charge is 2.08. The van der Waals surface area contributed by atoms with Crippen LogP contribution in [0.25, 0.3) is 0 Å². The molecule has 0 aromatic heterocycles. The van der Waals surface area contributed by atoms with E-state index in [4.69, 9.17) is 9.42 Å². The minimum atomic E-state index is -3.33. The maximum atomic E-state index is 11.8. The zero-order valence-electron chi connectivity index (χ0n) is 20.2. The predicted octanol–water partition coefficient (Wildman–Crippen LogP) is 7.31. The molecule has 0 aliphatic heterocycles. The molecule has 31 heavy (non-hydrogen) atoms. The fourth-order valence-corrected chi connectivity index (χ4v) is 3.70. The lowest BCUT2D eigenvalue weighted by Crippen LogP contribution is -2.23. The average molecular weight is 458 g/mol. The van der Waals surface area contributed by atoms with Crippen LogP contribution in [-0.4, -0.2) is 30.6 Å². The van der Waals surface area contributed by atoms with E-state index in [1.54, 1.807) is 0 Å². The van der Waals surface area contributed by atoms with Crippen LogP contribution in [0.1, 0.15) is 110 Å². The number of nitrogens with one attached hydrogen (secondary N) is 1. The minimum absolute atomic E-state index is 0.154. The number of hydrogen-bond donors (Lipinski definition) is 2. The third-order valence-corrected chi connectivity index (χ3v) is 5.74. The molecule has 0 radical (unpaired) electrons. The third kappa shape index (κ3) is 27.1. The van der Waals surface area contributed by atoms with Gasteiger partial charge in [0.05, 0.1) is 6.61 Å². The molecule has 0 aromatic carbocycles. The Balaban J connectivity index is 3.30. The normalized spacial score (nSPS) is 13.8. The van der Waals surface area contributed by atoms with Gasteiger partial charge in [-0.15, -0.1) is 0 Å². The molecule has 1 atom stereocenters. The van der Waals surface area contributed by atoms with Crippen LogP contribution in [0.2, 0.25) is 0 Å². The number of carbonyl (C=O) groups is 1. The molecule has 0 spiro atoms. The van der Waals surface area contributed by atoms with E-state index in [1.807, 2.05) is 0 Å². The highest BCUT2D eigenvalue weighted by Crippen LogP contribution is 2.36. The van der Waals surface area contributed by atoms with E-state index < -0.39 is 7.60 Å². The van der Waals surface area contributed by atoms with Crippen molar-refractivity contribution in [3.8, 4) is 0 Å². The van der Waals surface area contributed by atoms with Crippen molar-refractivity contribution >= 4 is 13.5 Å². The van der Waals surface area contributed by atoms with Crippen LogP contribution >= 0.6 is 7.60 Å². The van der Waals surface area contributed by atoms with Gasteiger partial charge in [-0.05, 0) is 51.4 Å². The van der Waals surface area contributed by atoms with Crippen molar-refractivity contribution in [2.24, 2.45) is 0 Å². The van der Waals surface area contributed by atoms with Gasteiger partial charge >= 0.3 is 7.60 Å². The maximum Gasteiger partial charge on any atom is 0.325 e. The van der Waals surface area contributed by atoms with Gasteiger partial charge in [0.2, 0.25) is 5.91 Å². The molecule has 0 aliphatic rings. The molecule has 1 amide bonds. The summed E-state index contributed by atoms with van der Waals surface area (Å²) in [6.45, 7) is 4.48. The lowest BCUT2D eigenvalue weighted by Gasteiger charge is -2.07. The van der Waals surface area contributed by atoms with E-state index in [0.717, 1.165) is 51.4 Å². The first-order valence-corrected chi connectivity index (χ1v) is 14.5. The molecule has 6 heteroatoms. The van der Waals surface area contributed by atoms with Crippen molar-refractivity contribution in [2.45, 2.75) is 110 Å². The van der Waals surface area contributed by atoms with Gasteiger partial charge in [0.15, 0.2) is 0 Å². The van der Waals surface area contributed by atoms with E-state index in [0.29, 0.717) is 19.6 Å².